The maximum absolute atomic E-state index is 13.2. The number of halogens is 1. The maximum atomic E-state index is 13.2. The van der Waals surface area contributed by atoms with Gasteiger partial charge in [0.15, 0.2) is 11.0 Å². The zero-order chi connectivity index (χ0) is 23.9. The van der Waals surface area contributed by atoms with Crippen molar-refractivity contribution in [2.45, 2.75) is 11.7 Å². The van der Waals surface area contributed by atoms with Crippen LogP contribution in [0.1, 0.15) is 5.82 Å². The van der Waals surface area contributed by atoms with Crippen LogP contribution in [-0.4, -0.2) is 40.5 Å². The fourth-order valence-electron chi connectivity index (χ4n) is 3.26. The van der Waals surface area contributed by atoms with Crippen LogP contribution in [0.4, 0.5) is 21.5 Å². The quantitative estimate of drug-likeness (QED) is 0.338. The van der Waals surface area contributed by atoms with Gasteiger partial charge in [0.1, 0.15) is 5.82 Å². The van der Waals surface area contributed by atoms with Crippen molar-refractivity contribution in [1.29, 1.82) is 0 Å². The van der Waals surface area contributed by atoms with Gasteiger partial charge in [-0.05, 0) is 60.7 Å². The highest BCUT2D eigenvalue weighted by Crippen LogP contribution is 2.23. The fourth-order valence-corrected chi connectivity index (χ4v) is 4.03. The molecule has 0 saturated heterocycles. The first kappa shape index (κ1) is 23.3. The van der Waals surface area contributed by atoms with E-state index in [1.165, 1.54) is 23.9 Å². The van der Waals surface area contributed by atoms with Crippen molar-refractivity contribution in [2.24, 2.45) is 0 Å². The second-order valence-corrected chi connectivity index (χ2v) is 8.65. The Kier molecular flexibility index (Phi) is 7.44. The number of amides is 1. The third kappa shape index (κ3) is 5.93. The van der Waals surface area contributed by atoms with E-state index in [0.29, 0.717) is 17.5 Å². The molecule has 0 aliphatic heterocycles. The lowest BCUT2D eigenvalue weighted by Gasteiger charge is -2.13. The van der Waals surface area contributed by atoms with Gasteiger partial charge in [0.2, 0.25) is 5.91 Å². The highest BCUT2D eigenvalue weighted by Gasteiger charge is 2.16. The van der Waals surface area contributed by atoms with E-state index >= 15 is 0 Å². The lowest BCUT2D eigenvalue weighted by atomic mass is 10.2. The molecule has 1 amide bonds. The van der Waals surface area contributed by atoms with E-state index in [2.05, 4.69) is 20.8 Å². The highest BCUT2D eigenvalue weighted by molar-refractivity contribution is 7.99. The Morgan fingerprint density at radius 3 is 2.29 bits per heavy atom. The predicted molar refractivity (Wildman–Crippen MR) is 135 cm³/mol. The summed E-state index contributed by atoms with van der Waals surface area (Å²) in [6.07, 6.45) is 0. The zero-order valence-electron chi connectivity index (χ0n) is 18.9. The number of hydrogen-bond donors (Lipinski definition) is 2. The highest BCUT2D eigenvalue weighted by atomic mass is 32.2. The third-order valence-corrected chi connectivity index (χ3v) is 5.94. The fraction of sp³-hybridized carbons (Fsp3) is 0.160. The number of hydrogen-bond acceptors (Lipinski definition) is 6. The Hall–Kier alpha value is -3.85. The second kappa shape index (κ2) is 10.8. The molecule has 3 aromatic carbocycles. The lowest BCUT2D eigenvalue weighted by Crippen LogP contribution is -2.15. The van der Waals surface area contributed by atoms with Crippen LogP contribution in [0.2, 0.25) is 0 Å². The van der Waals surface area contributed by atoms with Gasteiger partial charge < -0.3 is 15.5 Å². The molecule has 0 aliphatic rings. The predicted octanol–water partition coefficient (Wildman–Crippen LogP) is 4.82. The number of carbonyl (C=O) groups excluding carboxylic acids is 1. The van der Waals surface area contributed by atoms with Gasteiger partial charge in [0, 0.05) is 36.8 Å². The van der Waals surface area contributed by atoms with Crippen LogP contribution >= 0.6 is 11.8 Å². The molecule has 0 spiro atoms. The summed E-state index contributed by atoms with van der Waals surface area (Å²) >= 11 is 1.31. The minimum atomic E-state index is -0.288. The second-order valence-electron chi connectivity index (χ2n) is 7.71. The van der Waals surface area contributed by atoms with E-state index in [1.807, 2.05) is 78.2 Å². The summed E-state index contributed by atoms with van der Waals surface area (Å²) in [5.74, 6) is 0.448. The van der Waals surface area contributed by atoms with E-state index < -0.39 is 0 Å². The molecule has 2 N–H and O–H groups in total. The van der Waals surface area contributed by atoms with E-state index in [4.69, 9.17) is 0 Å². The topological polar surface area (TPSA) is 75.1 Å². The molecule has 0 radical (unpaired) electrons. The van der Waals surface area contributed by atoms with Crippen molar-refractivity contribution < 1.29 is 9.18 Å². The van der Waals surface area contributed by atoms with Gasteiger partial charge in [-0.1, -0.05) is 30.0 Å². The van der Waals surface area contributed by atoms with Gasteiger partial charge in [-0.25, -0.2) is 4.39 Å². The summed E-state index contributed by atoms with van der Waals surface area (Å²) in [5, 5.41) is 15.4. The molecule has 1 heterocycles. The summed E-state index contributed by atoms with van der Waals surface area (Å²) in [7, 11) is 3.94. The van der Waals surface area contributed by atoms with Crippen molar-refractivity contribution in [1.82, 2.24) is 14.8 Å². The number of nitrogens with one attached hydrogen (secondary N) is 2. The first-order chi connectivity index (χ1) is 16.5. The number of thioether (sulfide) groups is 1. The Morgan fingerprint density at radius 1 is 0.941 bits per heavy atom. The van der Waals surface area contributed by atoms with Gasteiger partial charge in [-0.15, -0.1) is 10.2 Å². The Morgan fingerprint density at radius 2 is 1.62 bits per heavy atom. The smallest absolute Gasteiger partial charge is 0.234 e. The largest absolute Gasteiger partial charge is 0.378 e. The Labute approximate surface area is 202 Å². The first-order valence-corrected chi connectivity index (χ1v) is 11.7. The number of para-hydroxylation sites is 1. The van der Waals surface area contributed by atoms with Gasteiger partial charge in [-0.3, -0.25) is 9.36 Å². The van der Waals surface area contributed by atoms with Crippen molar-refractivity contribution in [2.75, 3.05) is 35.4 Å². The molecule has 174 valence electrons. The number of nitrogens with zero attached hydrogens (tertiary/aromatic N) is 4. The van der Waals surface area contributed by atoms with Crippen LogP contribution in [0, 0.1) is 5.82 Å². The molecule has 0 saturated carbocycles. The van der Waals surface area contributed by atoms with Crippen LogP contribution in [0.15, 0.2) is 84.0 Å². The molecular formula is C25H25FN6OS. The van der Waals surface area contributed by atoms with Crippen LogP contribution in [-0.2, 0) is 11.3 Å². The average molecular weight is 477 g/mol. The van der Waals surface area contributed by atoms with Crippen molar-refractivity contribution in [3.05, 3.63) is 90.5 Å². The summed E-state index contributed by atoms with van der Waals surface area (Å²) in [4.78, 5) is 14.6. The van der Waals surface area contributed by atoms with Crippen molar-refractivity contribution in [3.8, 4) is 5.69 Å². The monoisotopic (exact) mass is 476 g/mol. The number of benzene rings is 3. The Bertz CT molecular complexity index is 1230. The van der Waals surface area contributed by atoms with Gasteiger partial charge >= 0.3 is 0 Å². The number of aromatic nitrogens is 3. The summed E-state index contributed by atoms with van der Waals surface area (Å²) in [6, 6.07) is 23.5. The van der Waals surface area contributed by atoms with Crippen LogP contribution in [0.25, 0.3) is 5.69 Å². The molecule has 4 rings (SSSR count). The average Bonchev–Trinajstić information content (AvgIpc) is 3.26. The molecule has 4 aromatic rings. The molecule has 0 unspecified atom stereocenters. The normalized spacial score (nSPS) is 10.7. The lowest BCUT2D eigenvalue weighted by molar-refractivity contribution is -0.113. The molecule has 1 aromatic heterocycles. The molecule has 0 atom stereocenters. The molecular weight excluding hydrogens is 451 g/mol. The molecule has 7 nitrogen and oxygen atoms in total. The molecule has 34 heavy (non-hydrogen) atoms. The summed E-state index contributed by atoms with van der Waals surface area (Å²) < 4.78 is 15.1. The van der Waals surface area contributed by atoms with Crippen LogP contribution < -0.4 is 15.5 Å². The summed E-state index contributed by atoms with van der Waals surface area (Å²) in [5.41, 5.74) is 3.47. The minimum absolute atomic E-state index is 0.129. The maximum Gasteiger partial charge on any atom is 0.234 e. The van der Waals surface area contributed by atoms with E-state index in [1.54, 1.807) is 12.1 Å². The molecule has 0 fully saturated rings. The number of rotatable bonds is 9. The Balaban J connectivity index is 1.45. The van der Waals surface area contributed by atoms with Crippen molar-refractivity contribution >= 4 is 34.7 Å². The first-order valence-electron chi connectivity index (χ1n) is 10.7. The standard InChI is InChI=1S/C25H25FN6OS/c1-31(2)21-14-12-20(13-15-21)28-24(33)17-34-25-30-29-23(32(25)22-6-4-3-5-7-22)16-27-19-10-8-18(26)9-11-19/h3-15,27H,16-17H2,1-2H3,(H,28,33). The van der Waals surface area contributed by atoms with Gasteiger partial charge in [0.05, 0.1) is 12.3 Å². The summed E-state index contributed by atoms with van der Waals surface area (Å²) in [6.45, 7) is 0.387. The van der Waals surface area contributed by atoms with E-state index in [-0.39, 0.29) is 17.5 Å². The van der Waals surface area contributed by atoms with Gasteiger partial charge in [-0.2, -0.15) is 0 Å². The van der Waals surface area contributed by atoms with E-state index in [9.17, 15) is 9.18 Å². The van der Waals surface area contributed by atoms with E-state index in [0.717, 1.165) is 22.7 Å². The molecule has 0 bridgehead atoms. The van der Waals surface area contributed by atoms with Crippen molar-refractivity contribution in [3.63, 3.8) is 0 Å². The SMILES string of the molecule is CN(C)c1ccc(NC(=O)CSc2nnc(CNc3ccc(F)cc3)n2-c2ccccc2)cc1. The number of carbonyl (C=O) groups is 1. The van der Waals surface area contributed by atoms with Crippen LogP contribution in [0.3, 0.4) is 0 Å². The number of anilines is 3. The molecule has 9 heteroatoms. The van der Waals surface area contributed by atoms with Gasteiger partial charge in [0.25, 0.3) is 0 Å². The third-order valence-electron chi connectivity index (χ3n) is 5.01. The zero-order valence-corrected chi connectivity index (χ0v) is 19.7. The molecule has 0 aliphatic carbocycles. The minimum Gasteiger partial charge on any atom is -0.378 e. The van der Waals surface area contributed by atoms with Crippen LogP contribution in [0.5, 0.6) is 0 Å².